The molecule has 0 aromatic heterocycles. The summed E-state index contributed by atoms with van der Waals surface area (Å²) < 4.78 is 6.23. The van der Waals surface area contributed by atoms with Crippen LogP contribution in [0.25, 0.3) is 0 Å². The first-order chi connectivity index (χ1) is 9.56. The van der Waals surface area contributed by atoms with Crippen molar-refractivity contribution in [3.8, 4) is 0 Å². The monoisotopic (exact) mass is 280 g/mol. The molecular weight excluding hydrogens is 248 g/mol. The van der Waals surface area contributed by atoms with Gasteiger partial charge in [-0.15, -0.1) is 0 Å². The Morgan fingerprint density at radius 3 is 2.70 bits per heavy atom. The van der Waals surface area contributed by atoms with Crippen molar-refractivity contribution in [3.63, 3.8) is 0 Å². The van der Waals surface area contributed by atoms with Crippen molar-refractivity contribution in [1.82, 2.24) is 0 Å². The largest absolute Gasteiger partial charge is 0.396 e. The normalized spacial score (nSPS) is 40.5. The van der Waals surface area contributed by atoms with Crippen LogP contribution in [0.2, 0.25) is 0 Å². The highest BCUT2D eigenvalue weighted by Crippen LogP contribution is 2.52. The Bertz CT molecular complexity index is 349. The van der Waals surface area contributed by atoms with E-state index >= 15 is 0 Å². The molecule has 0 amide bonds. The van der Waals surface area contributed by atoms with E-state index in [4.69, 9.17) is 4.74 Å². The second-order valence-electron chi connectivity index (χ2n) is 7.10. The van der Waals surface area contributed by atoms with Crippen molar-refractivity contribution in [2.45, 2.75) is 65.9 Å². The number of hydrogen-bond acceptors (Lipinski definition) is 2. The van der Waals surface area contributed by atoms with E-state index in [1.165, 1.54) is 37.7 Å². The minimum Gasteiger partial charge on any atom is -0.396 e. The fourth-order valence-corrected chi connectivity index (χ4v) is 4.45. The molecule has 0 saturated carbocycles. The Kier molecular flexibility index (Phi) is 5.30. The zero-order valence-electron chi connectivity index (χ0n) is 13.7. The fraction of sp³-hybridized carbons (Fsp3) is 0.889. The molecule has 0 aromatic carbocycles. The lowest BCUT2D eigenvalue weighted by molar-refractivity contribution is -0.164. The van der Waals surface area contributed by atoms with Gasteiger partial charge in [-0.1, -0.05) is 58.1 Å². The van der Waals surface area contributed by atoms with Crippen molar-refractivity contribution in [2.24, 2.45) is 23.2 Å². The van der Waals surface area contributed by atoms with Gasteiger partial charge in [-0.25, -0.2) is 0 Å². The SMILES string of the molecule is CCCCCC[C@H]1OC[C@]2(CO)[C@H](C)C=C(C)[C@H]1[C@H]2C. The summed E-state index contributed by atoms with van der Waals surface area (Å²) in [6.07, 6.45) is 9.15. The van der Waals surface area contributed by atoms with Crippen molar-refractivity contribution < 1.29 is 9.84 Å². The Morgan fingerprint density at radius 1 is 1.30 bits per heavy atom. The second kappa shape index (κ2) is 6.62. The van der Waals surface area contributed by atoms with Crippen LogP contribution in [0, 0.1) is 23.2 Å². The Morgan fingerprint density at radius 2 is 2.05 bits per heavy atom. The van der Waals surface area contributed by atoms with Crippen LogP contribution < -0.4 is 0 Å². The van der Waals surface area contributed by atoms with E-state index in [1.807, 2.05) is 0 Å². The van der Waals surface area contributed by atoms with Crippen molar-refractivity contribution in [1.29, 1.82) is 0 Å². The average Bonchev–Trinajstić information content (AvgIpc) is 2.42. The lowest BCUT2D eigenvalue weighted by Gasteiger charge is -2.55. The fourth-order valence-electron chi connectivity index (χ4n) is 4.45. The number of rotatable bonds is 6. The van der Waals surface area contributed by atoms with Gasteiger partial charge in [-0.3, -0.25) is 0 Å². The zero-order chi connectivity index (χ0) is 14.8. The van der Waals surface area contributed by atoms with E-state index < -0.39 is 0 Å². The van der Waals surface area contributed by atoms with Gasteiger partial charge in [0, 0.05) is 11.3 Å². The minimum absolute atomic E-state index is 0.0515. The molecule has 0 radical (unpaired) electrons. The van der Waals surface area contributed by atoms with Crippen LogP contribution in [0.4, 0.5) is 0 Å². The van der Waals surface area contributed by atoms with Gasteiger partial charge in [0.25, 0.3) is 0 Å². The number of aliphatic hydroxyl groups is 1. The summed E-state index contributed by atoms with van der Waals surface area (Å²) in [6.45, 7) is 10.0. The molecule has 1 aliphatic heterocycles. The van der Waals surface area contributed by atoms with Crippen molar-refractivity contribution >= 4 is 0 Å². The maximum atomic E-state index is 9.94. The van der Waals surface area contributed by atoms with E-state index in [0.29, 0.717) is 23.9 Å². The maximum absolute atomic E-state index is 9.94. The van der Waals surface area contributed by atoms with Gasteiger partial charge in [0.1, 0.15) is 0 Å². The maximum Gasteiger partial charge on any atom is 0.0643 e. The highest BCUT2D eigenvalue weighted by atomic mass is 16.5. The molecular formula is C18H32O2. The quantitative estimate of drug-likeness (QED) is 0.584. The molecule has 0 spiro atoms. The smallest absolute Gasteiger partial charge is 0.0643 e. The first kappa shape index (κ1) is 16.0. The molecule has 116 valence electrons. The molecule has 1 N–H and O–H groups in total. The van der Waals surface area contributed by atoms with E-state index in [-0.39, 0.29) is 12.0 Å². The summed E-state index contributed by atoms with van der Waals surface area (Å²) in [6, 6.07) is 0. The van der Waals surface area contributed by atoms with E-state index in [0.717, 1.165) is 6.61 Å². The number of allylic oxidation sites excluding steroid dienone is 1. The molecule has 1 heterocycles. The van der Waals surface area contributed by atoms with E-state index in [9.17, 15) is 5.11 Å². The molecule has 0 aromatic rings. The molecule has 1 fully saturated rings. The molecule has 2 bridgehead atoms. The molecule has 2 aliphatic rings. The molecule has 2 rings (SSSR count). The van der Waals surface area contributed by atoms with Crippen molar-refractivity contribution in [3.05, 3.63) is 11.6 Å². The first-order valence-corrected chi connectivity index (χ1v) is 8.47. The van der Waals surface area contributed by atoms with E-state index in [2.05, 4.69) is 33.8 Å². The minimum atomic E-state index is -0.0515. The van der Waals surface area contributed by atoms with Gasteiger partial charge in [0.05, 0.1) is 19.3 Å². The summed E-state index contributed by atoms with van der Waals surface area (Å²) >= 11 is 0. The van der Waals surface area contributed by atoms with Crippen LogP contribution in [0.5, 0.6) is 0 Å². The van der Waals surface area contributed by atoms with Gasteiger partial charge >= 0.3 is 0 Å². The highest BCUT2D eigenvalue weighted by molar-refractivity contribution is 5.20. The molecule has 2 nitrogen and oxygen atoms in total. The standard InChI is InChI=1S/C18H32O2/c1-5-6-7-8-9-16-17-13(2)10-14(3)18(11-19,12-20-16)15(17)4/h10,14-17,19H,5-9,11-12H2,1-4H3/t14-,15-,16-,17+,18-/m1/s1. The van der Waals surface area contributed by atoms with Gasteiger partial charge in [0.2, 0.25) is 0 Å². The van der Waals surface area contributed by atoms with Gasteiger partial charge in [-0.2, -0.15) is 0 Å². The number of aliphatic hydroxyl groups excluding tert-OH is 1. The number of unbranched alkanes of at least 4 members (excludes halogenated alkanes) is 3. The zero-order valence-corrected chi connectivity index (χ0v) is 13.7. The number of hydrogen-bond donors (Lipinski definition) is 1. The van der Waals surface area contributed by atoms with Crippen LogP contribution in [-0.4, -0.2) is 24.4 Å². The summed E-state index contributed by atoms with van der Waals surface area (Å²) in [5.74, 6) is 1.45. The molecule has 1 saturated heterocycles. The summed E-state index contributed by atoms with van der Waals surface area (Å²) in [5, 5.41) is 9.94. The number of ether oxygens (including phenoxy) is 1. The summed E-state index contributed by atoms with van der Waals surface area (Å²) in [7, 11) is 0. The van der Waals surface area contributed by atoms with Crippen LogP contribution in [0.1, 0.15) is 59.8 Å². The average molecular weight is 280 g/mol. The highest BCUT2D eigenvalue weighted by Gasteiger charge is 2.52. The molecule has 0 unspecified atom stereocenters. The first-order valence-electron chi connectivity index (χ1n) is 8.47. The topological polar surface area (TPSA) is 29.5 Å². The predicted octanol–water partition coefficient (Wildman–Crippen LogP) is 4.18. The summed E-state index contributed by atoms with van der Waals surface area (Å²) in [5.41, 5.74) is 1.43. The molecule has 5 atom stereocenters. The van der Waals surface area contributed by atoms with E-state index in [1.54, 1.807) is 0 Å². The Hall–Kier alpha value is -0.340. The van der Waals surface area contributed by atoms with Crippen LogP contribution >= 0.6 is 0 Å². The molecule has 2 heteroatoms. The van der Waals surface area contributed by atoms with Crippen LogP contribution in [-0.2, 0) is 4.74 Å². The molecule has 1 aliphatic carbocycles. The van der Waals surface area contributed by atoms with Crippen LogP contribution in [0.15, 0.2) is 11.6 Å². The Labute approximate surface area is 124 Å². The van der Waals surface area contributed by atoms with Gasteiger partial charge in [-0.05, 0) is 25.2 Å². The predicted molar refractivity (Wildman–Crippen MR) is 83.6 cm³/mol. The van der Waals surface area contributed by atoms with Gasteiger partial charge in [0.15, 0.2) is 0 Å². The third kappa shape index (κ3) is 2.69. The third-order valence-electron chi connectivity index (χ3n) is 5.99. The lowest BCUT2D eigenvalue weighted by atomic mass is 9.56. The van der Waals surface area contributed by atoms with Crippen LogP contribution in [0.3, 0.4) is 0 Å². The third-order valence-corrected chi connectivity index (χ3v) is 5.99. The second-order valence-corrected chi connectivity index (χ2v) is 7.10. The Balaban J connectivity index is 2.08. The lowest BCUT2D eigenvalue weighted by Crippen LogP contribution is -2.56. The van der Waals surface area contributed by atoms with Gasteiger partial charge < -0.3 is 9.84 Å². The summed E-state index contributed by atoms with van der Waals surface area (Å²) in [4.78, 5) is 0. The molecule has 20 heavy (non-hydrogen) atoms. The van der Waals surface area contributed by atoms with Crippen molar-refractivity contribution in [2.75, 3.05) is 13.2 Å². The number of fused-ring (bicyclic) bond motifs is 2.